The number of rotatable bonds is 10. The van der Waals surface area contributed by atoms with Gasteiger partial charge in [-0.1, -0.05) is 75.7 Å². The summed E-state index contributed by atoms with van der Waals surface area (Å²) in [6, 6.07) is 16.5. The van der Waals surface area contributed by atoms with Gasteiger partial charge in [0.2, 0.25) is 5.91 Å². The van der Waals surface area contributed by atoms with Gasteiger partial charge in [-0.25, -0.2) is 0 Å². The molecule has 0 aromatic heterocycles. The second-order valence-electron chi connectivity index (χ2n) is 8.25. The Hall–Kier alpha value is -2.13. The van der Waals surface area contributed by atoms with Crippen molar-refractivity contribution in [2.75, 3.05) is 19.6 Å². The van der Waals surface area contributed by atoms with Gasteiger partial charge in [0.05, 0.1) is 5.41 Å². The van der Waals surface area contributed by atoms with E-state index < -0.39 is 5.41 Å². The van der Waals surface area contributed by atoms with Crippen LogP contribution in [0, 0.1) is 5.92 Å². The average Bonchev–Trinajstić information content (AvgIpc) is 2.99. The second kappa shape index (κ2) is 8.91. The zero-order valence-corrected chi connectivity index (χ0v) is 17.6. The number of amides is 1. The summed E-state index contributed by atoms with van der Waals surface area (Å²) in [6.45, 7) is 9.98. The minimum Gasteiger partial charge on any atom is -0.369 e. The molecule has 0 bridgehead atoms. The lowest BCUT2D eigenvalue weighted by Gasteiger charge is -2.30. The van der Waals surface area contributed by atoms with Gasteiger partial charge in [-0.3, -0.25) is 4.79 Å². The van der Waals surface area contributed by atoms with Crippen LogP contribution in [-0.4, -0.2) is 30.4 Å². The highest BCUT2D eigenvalue weighted by Gasteiger charge is 2.47. The van der Waals surface area contributed by atoms with Gasteiger partial charge in [0.1, 0.15) is 0 Å². The van der Waals surface area contributed by atoms with Crippen molar-refractivity contribution in [1.29, 1.82) is 0 Å². The van der Waals surface area contributed by atoms with E-state index in [2.05, 4.69) is 49.9 Å². The first-order valence-electron chi connectivity index (χ1n) is 10.8. The molecule has 0 saturated heterocycles. The van der Waals surface area contributed by atoms with Gasteiger partial charge < -0.3 is 10.6 Å². The molecule has 1 aliphatic carbocycles. The zero-order chi connectivity index (χ0) is 20.1. The number of carbonyl (C=O) groups is 1. The van der Waals surface area contributed by atoms with E-state index in [4.69, 9.17) is 5.73 Å². The number of carbonyl (C=O) groups excluding carboxylic acids is 1. The predicted octanol–water partition coefficient (Wildman–Crippen LogP) is 4.98. The molecule has 0 spiro atoms. The fraction of sp³-hybridized carbons (Fsp3) is 0.480. The summed E-state index contributed by atoms with van der Waals surface area (Å²) in [5.74, 6) is 0.482. The third-order valence-electron chi connectivity index (χ3n) is 6.31. The van der Waals surface area contributed by atoms with Crippen molar-refractivity contribution in [3.8, 4) is 11.1 Å². The molecule has 0 saturated carbocycles. The lowest BCUT2D eigenvalue weighted by molar-refractivity contribution is -0.122. The molecule has 0 fully saturated rings. The van der Waals surface area contributed by atoms with Crippen molar-refractivity contribution in [3.63, 3.8) is 0 Å². The normalized spacial score (nSPS) is 15.3. The quantitative estimate of drug-likeness (QED) is 0.634. The number of nitrogens with zero attached hydrogens (tertiary/aromatic N) is 1. The topological polar surface area (TPSA) is 46.3 Å². The monoisotopic (exact) mass is 378 g/mol. The molecule has 150 valence electrons. The van der Waals surface area contributed by atoms with Crippen LogP contribution in [0.1, 0.15) is 57.6 Å². The Bertz CT molecular complexity index is 768. The molecule has 3 rings (SSSR count). The number of hydrogen-bond acceptors (Lipinski definition) is 2. The minimum atomic E-state index is -0.707. The van der Waals surface area contributed by atoms with Gasteiger partial charge in [-0.2, -0.15) is 0 Å². The van der Waals surface area contributed by atoms with Crippen LogP contribution in [0.25, 0.3) is 11.1 Å². The van der Waals surface area contributed by atoms with Crippen molar-refractivity contribution in [2.24, 2.45) is 11.7 Å². The Morgan fingerprint density at radius 2 is 1.61 bits per heavy atom. The maximum absolute atomic E-state index is 12.9. The summed E-state index contributed by atoms with van der Waals surface area (Å²) in [7, 11) is 0. The molecular formula is C25H34N2O. The molecule has 3 heteroatoms. The zero-order valence-electron chi connectivity index (χ0n) is 17.6. The summed E-state index contributed by atoms with van der Waals surface area (Å²) in [5.41, 5.74) is 9.83. The molecule has 1 aliphatic rings. The van der Waals surface area contributed by atoms with Crippen molar-refractivity contribution in [1.82, 2.24) is 4.90 Å². The third-order valence-corrected chi connectivity index (χ3v) is 6.31. The minimum absolute atomic E-state index is 0.229. The van der Waals surface area contributed by atoms with Crippen molar-refractivity contribution in [3.05, 3.63) is 59.7 Å². The molecule has 1 atom stereocenters. The van der Waals surface area contributed by atoms with Crippen LogP contribution >= 0.6 is 0 Å². The standard InChI is InChI=1S/C25H34N2O/c1-4-11-19(3)18-27(5-2)17-10-16-25(24(26)28)22-14-8-6-12-20(22)21-13-7-9-15-23(21)25/h6-9,12-15,19H,4-5,10-11,16-18H2,1-3H3,(H2,26,28). The fourth-order valence-corrected chi connectivity index (χ4v) is 4.95. The second-order valence-corrected chi connectivity index (χ2v) is 8.25. The maximum atomic E-state index is 12.9. The summed E-state index contributed by atoms with van der Waals surface area (Å²) < 4.78 is 0. The van der Waals surface area contributed by atoms with E-state index in [1.807, 2.05) is 24.3 Å². The molecule has 0 heterocycles. The van der Waals surface area contributed by atoms with Gasteiger partial charge in [0.25, 0.3) is 0 Å². The summed E-state index contributed by atoms with van der Waals surface area (Å²) >= 11 is 0. The number of nitrogens with two attached hydrogens (primary N) is 1. The molecule has 28 heavy (non-hydrogen) atoms. The number of fused-ring (bicyclic) bond motifs is 3. The Morgan fingerprint density at radius 3 is 2.11 bits per heavy atom. The van der Waals surface area contributed by atoms with Crippen molar-refractivity contribution >= 4 is 5.91 Å². The summed E-state index contributed by atoms with van der Waals surface area (Å²) in [5, 5.41) is 0. The lowest BCUT2D eigenvalue weighted by Crippen LogP contribution is -2.41. The Morgan fingerprint density at radius 1 is 1.04 bits per heavy atom. The van der Waals surface area contributed by atoms with Gasteiger partial charge in [0, 0.05) is 6.54 Å². The Balaban J connectivity index is 1.83. The molecule has 2 N–H and O–H groups in total. The van der Waals surface area contributed by atoms with Crippen molar-refractivity contribution in [2.45, 2.75) is 51.9 Å². The van der Waals surface area contributed by atoms with Gasteiger partial charge in [-0.05, 0) is 60.5 Å². The van der Waals surface area contributed by atoms with Crippen LogP contribution in [0.2, 0.25) is 0 Å². The average molecular weight is 379 g/mol. The SMILES string of the molecule is CCCC(C)CN(CC)CCCC1(C(N)=O)c2ccccc2-c2ccccc21. The molecule has 1 unspecified atom stereocenters. The van der Waals surface area contributed by atoms with Crippen LogP contribution in [0.5, 0.6) is 0 Å². The number of primary amides is 1. The molecule has 2 aromatic carbocycles. The van der Waals surface area contributed by atoms with E-state index in [9.17, 15) is 4.79 Å². The molecule has 3 nitrogen and oxygen atoms in total. The van der Waals surface area contributed by atoms with Gasteiger partial charge >= 0.3 is 0 Å². The van der Waals surface area contributed by atoms with Gasteiger partial charge in [0.15, 0.2) is 0 Å². The van der Waals surface area contributed by atoms with Crippen LogP contribution in [0.15, 0.2) is 48.5 Å². The molecular weight excluding hydrogens is 344 g/mol. The molecule has 0 radical (unpaired) electrons. The van der Waals surface area contributed by atoms with E-state index in [0.29, 0.717) is 5.92 Å². The highest BCUT2D eigenvalue weighted by molar-refractivity contribution is 5.99. The Labute approximate surface area is 169 Å². The third kappa shape index (κ3) is 3.73. The van der Waals surface area contributed by atoms with E-state index in [1.165, 1.54) is 12.8 Å². The van der Waals surface area contributed by atoms with Crippen LogP contribution < -0.4 is 5.73 Å². The first-order chi connectivity index (χ1) is 13.5. The van der Waals surface area contributed by atoms with Crippen LogP contribution in [0.4, 0.5) is 0 Å². The van der Waals surface area contributed by atoms with E-state index in [-0.39, 0.29) is 5.91 Å². The number of hydrogen-bond donors (Lipinski definition) is 1. The first kappa shape index (κ1) is 20.6. The van der Waals surface area contributed by atoms with E-state index >= 15 is 0 Å². The Kier molecular flexibility index (Phi) is 6.56. The summed E-state index contributed by atoms with van der Waals surface area (Å²) in [6.07, 6.45) is 4.22. The van der Waals surface area contributed by atoms with Crippen LogP contribution in [0.3, 0.4) is 0 Å². The van der Waals surface area contributed by atoms with E-state index in [0.717, 1.165) is 54.7 Å². The molecule has 0 aliphatic heterocycles. The predicted molar refractivity (Wildman–Crippen MR) is 117 cm³/mol. The lowest BCUT2D eigenvalue weighted by atomic mass is 9.74. The molecule has 1 amide bonds. The largest absolute Gasteiger partial charge is 0.369 e. The van der Waals surface area contributed by atoms with E-state index in [1.54, 1.807) is 0 Å². The summed E-state index contributed by atoms with van der Waals surface area (Å²) in [4.78, 5) is 15.4. The number of benzene rings is 2. The molecule has 2 aromatic rings. The highest BCUT2D eigenvalue weighted by Crippen LogP contribution is 2.51. The maximum Gasteiger partial charge on any atom is 0.232 e. The first-order valence-corrected chi connectivity index (χ1v) is 10.8. The van der Waals surface area contributed by atoms with Gasteiger partial charge in [-0.15, -0.1) is 0 Å². The smallest absolute Gasteiger partial charge is 0.232 e. The highest BCUT2D eigenvalue weighted by atomic mass is 16.1. The van der Waals surface area contributed by atoms with Crippen LogP contribution in [-0.2, 0) is 10.2 Å². The van der Waals surface area contributed by atoms with Crippen molar-refractivity contribution < 1.29 is 4.79 Å². The fourth-order valence-electron chi connectivity index (χ4n) is 4.95.